The predicted molar refractivity (Wildman–Crippen MR) is 71.6 cm³/mol. The first-order valence-electron chi connectivity index (χ1n) is 6.33. The summed E-state index contributed by atoms with van der Waals surface area (Å²) in [6.07, 6.45) is 6.26. The Morgan fingerprint density at radius 2 is 1.53 bits per heavy atom. The van der Waals surface area contributed by atoms with Crippen LogP contribution in [0.5, 0.6) is 0 Å². The molecule has 0 aromatic carbocycles. The van der Waals surface area contributed by atoms with Gasteiger partial charge in [0.15, 0.2) is 0 Å². The molecule has 0 bridgehead atoms. The Morgan fingerprint density at radius 1 is 1.00 bits per heavy atom. The third kappa shape index (κ3) is 4.25. The summed E-state index contributed by atoms with van der Waals surface area (Å²) in [5, 5.41) is -0.556. The van der Waals surface area contributed by atoms with Crippen molar-refractivity contribution in [3.8, 4) is 0 Å². The molecule has 0 rings (SSSR count). The summed E-state index contributed by atoms with van der Waals surface area (Å²) >= 11 is 0. The zero-order valence-corrected chi connectivity index (χ0v) is 11.3. The lowest BCUT2D eigenvalue weighted by molar-refractivity contribution is 0.226. The van der Waals surface area contributed by atoms with Crippen LogP contribution < -0.4 is 0 Å². The Hall–Kier alpha value is 0.130. The molecule has 0 heterocycles. The molecule has 0 aromatic rings. The molecule has 2 heteroatoms. The Bertz CT molecular complexity index is 171. The summed E-state index contributed by atoms with van der Waals surface area (Å²) in [7, 11) is 12.5. The van der Waals surface area contributed by atoms with Crippen LogP contribution in [0.25, 0.3) is 0 Å². The van der Waals surface area contributed by atoms with Crippen LogP contribution in [0.4, 0.5) is 0 Å². The SMILES string of the molecule is [B]C([B])(C(C)C)C(C)(C)CCCCCC. The highest BCUT2D eigenvalue weighted by Gasteiger charge is 2.37. The van der Waals surface area contributed by atoms with Crippen LogP contribution in [0.2, 0.25) is 5.21 Å². The van der Waals surface area contributed by atoms with Crippen molar-refractivity contribution in [3.05, 3.63) is 0 Å². The first-order chi connectivity index (χ1) is 6.75. The van der Waals surface area contributed by atoms with E-state index in [1.165, 1.54) is 25.7 Å². The minimum Gasteiger partial charge on any atom is -0.0919 e. The molecular formula is C13H26B2. The van der Waals surface area contributed by atoms with Crippen molar-refractivity contribution >= 4 is 15.7 Å². The summed E-state index contributed by atoms with van der Waals surface area (Å²) in [5.74, 6) is 0.318. The highest BCUT2D eigenvalue weighted by atomic mass is 14.4. The van der Waals surface area contributed by atoms with Crippen LogP contribution in [-0.4, -0.2) is 15.7 Å². The number of hydrogen-bond donors (Lipinski definition) is 0. The quantitative estimate of drug-likeness (QED) is 0.432. The topological polar surface area (TPSA) is 0 Å². The van der Waals surface area contributed by atoms with E-state index in [2.05, 4.69) is 34.6 Å². The van der Waals surface area contributed by atoms with Crippen molar-refractivity contribution < 1.29 is 0 Å². The second-order valence-electron chi connectivity index (χ2n) is 5.78. The molecule has 0 nitrogen and oxygen atoms in total. The largest absolute Gasteiger partial charge is 0.0919 e. The summed E-state index contributed by atoms with van der Waals surface area (Å²) < 4.78 is 0. The van der Waals surface area contributed by atoms with Crippen molar-refractivity contribution in [3.63, 3.8) is 0 Å². The molecular weight excluding hydrogens is 178 g/mol. The molecule has 0 aliphatic carbocycles. The van der Waals surface area contributed by atoms with Crippen LogP contribution in [-0.2, 0) is 0 Å². The number of hydrogen-bond acceptors (Lipinski definition) is 0. The van der Waals surface area contributed by atoms with Gasteiger partial charge < -0.3 is 0 Å². The van der Waals surface area contributed by atoms with Gasteiger partial charge in [0.25, 0.3) is 0 Å². The van der Waals surface area contributed by atoms with Crippen LogP contribution in [0.15, 0.2) is 0 Å². The van der Waals surface area contributed by atoms with E-state index in [4.69, 9.17) is 15.7 Å². The molecule has 0 aromatic heterocycles. The summed E-state index contributed by atoms with van der Waals surface area (Å²) in [6.45, 7) is 10.8. The maximum Gasteiger partial charge on any atom is 0.0631 e. The summed E-state index contributed by atoms with van der Waals surface area (Å²) in [5.41, 5.74) is 0.0227. The van der Waals surface area contributed by atoms with Gasteiger partial charge >= 0.3 is 0 Å². The third-order valence-electron chi connectivity index (χ3n) is 3.78. The highest BCUT2D eigenvalue weighted by molar-refractivity contribution is 6.40. The average molecular weight is 204 g/mol. The Kier molecular flexibility index (Phi) is 6.06. The van der Waals surface area contributed by atoms with Gasteiger partial charge in [-0.25, -0.2) is 0 Å². The molecule has 0 aliphatic heterocycles. The first-order valence-corrected chi connectivity index (χ1v) is 6.33. The Labute approximate surface area is 99.4 Å². The van der Waals surface area contributed by atoms with Crippen molar-refractivity contribution in [1.82, 2.24) is 0 Å². The second kappa shape index (κ2) is 6.01. The van der Waals surface area contributed by atoms with E-state index >= 15 is 0 Å². The van der Waals surface area contributed by atoms with E-state index in [0.717, 1.165) is 6.42 Å². The molecule has 0 amide bonds. The van der Waals surface area contributed by atoms with Gasteiger partial charge in [0.05, 0.1) is 15.7 Å². The van der Waals surface area contributed by atoms with Gasteiger partial charge in [0.1, 0.15) is 0 Å². The molecule has 15 heavy (non-hydrogen) atoms. The molecule has 84 valence electrons. The second-order valence-corrected chi connectivity index (χ2v) is 5.78. The molecule has 4 radical (unpaired) electrons. The van der Waals surface area contributed by atoms with Crippen LogP contribution in [0.3, 0.4) is 0 Å². The normalized spacial score (nSPS) is 13.5. The summed E-state index contributed by atoms with van der Waals surface area (Å²) in [4.78, 5) is 0. The van der Waals surface area contributed by atoms with Crippen molar-refractivity contribution in [2.24, 2.45) is 11.3 Å². The molecule has 0 atom stereocenters. The smallest absolute Gasteiger partial charge is 0.0631 e. The molecule has 0 unspecified atom stereocenters. The van der Waals surface area contributed by atoms with Gasteiger partial charge in [-0.15, -0.1) is 0 Å². The average Bonchev–Trinajstić information content (AvgIpc) is 2.12. The Morgan fingerprint density at radius 3 is 1.93 bits per heavy atom. The lowest BCUT2D eigenvalue weighted by Crippen LogP contribution is -2.36. The van der Waals surface area contributed by atoms with Crippen molar-refractivity contribution in [2.75, 3.05) is 0 Å². The maximum atomic E-state index is 6.23. The zero-order chi connectivity index (χ0) is 12.1. The third-order valence-corrected chi connectivity index (χ3v) is 3.78. The fourth-order valence-electron chi connectivity index (χ4n) is 1.99. The van der Waals surface area contributed by atoms with Gasteiger partial charge in [-0.1, -0.05) is 71.4 Å². The standard InChI is InChI=1S/C13H26B2/c1-6-7-8-9-10-12(4,5)13(14,15)11(2)3/h11H,6-10H2,1-5H3. The minimum atomic E-state index is -0.556. The maximum absolute atomic E-state index is 6.23. The van der Waals surface area contributed by atoms with Crippen molar-refractivity contribution in [2.45, 2.75) is 71.9 Å². The van der Waals surface area contributed by atoms with Crippen LogP contribution in [0, 0.1) is 11.3 Å². The monoisotopic (exact) mass is 204 g/mol. The van der Waals surface area contributed by atoms with E-state index < -0.39 is 5.21 Å². The molecule has 0 N–H and O–H groups in total. The van der Waals surface area contributed by atoms with E-state index in [9.17, 15) is 0 Å². The van der Waals surface area contributed by atoms with Crippen molar-refractivity contribution in [1.29, 1.82) is 0 Å². The van der Waals surface area contributed by atoms with Gasteiger partial charge in [0, 0.05) is 0 Å². The Balaban J connectivity index is 4.16. The predicted octanol–water partition coefficient (Wildman–Crippen LogP) is 4.09. The van der Waals surface area contributed by atoms with Gasteiger partial charge in [-0.2, -0.15) is 0 Å². The van der Waals surface area contributed by atoms with Gasteiger partial charge in [-0.05, 0) is 11.8 Å². The van der Waals surface area contributed by atoms with Gasteiger partial charge in [0.2, 0.25) is 0 Å². The molecule has 0 saturated carbocycles. The molecule has 0 saturated heterocycles. The van der Waals surface area contributed by atoms with Crippen LogP contribution in [0.1, 0.15) is 66.7 Å². The molecule has 0 fully saturated rings. The van der Waals surface area contributed by atoms with E-state index in [0.29, 0.717) is 5.92 Å². The van der Waals surface area contributed by atoms with E-state index in [-0.39, 0.29) is 5.41 Å². The zero-order valence-electron chi connectivity index (χ0n) is 11.3. The van der Waals surface area contributed by atoms with Crippen LogP contribution >= 0.6 is 0 Å². The fraction of sp³-hybridized carbons (Fsp3) is 1.00. The van der Waals surface area contributed by atoms with Gasteiger partial charge in [-0.3, -0.25) is 0 Å². The lowest BCUT2D eigenvalue weighted by Gasteiger charge is -2.46. The summed E-state index contributed by atoms with van der Waals surface area (Å²) in [6, 6.07) is 0. The minimum absolute atomic E-state index is 0.0227. The van der Waals surface area contributed by atoms with E-state index in [1.807, 2.05) is 0 Å². The number of rotatable bonds is 7. The van der Waals surface area contributed by atoms with E-state index in [1.54, 1.807) is 0 Å². The first kappa shape index (κ1) is 15.1. The number of unbranched alkanes of at least 4 members (excludes halogenated alkanes) is 3. The molecule has 0 aliphatic rings. The lowest BCUT2D eigenvalue weighted by atomic mass is 9.38. The fourth-order valence-corrected chi connectivity index (χ4v) is 1.99. The molecule has 0 spiro atoms. The highest BCUT2D eigenvalue weighted by Crippen LogP contribution is 2.48.